The maximum atomic E-state index is 10.2. The van der Waals surface area contributed by atoms with E-state index in [0.29, 0.717) is 6.42 Å². The van der Waals surface area contributed by atoms with Crippen molar-refractivity contribution >= 4 is 5.97 Å². The van der Waals surface area contributed by atoms with Crippen LogP contribution < -0.4 is 0 Å². The molecular weight excluding hydrogens is 152 g/mol. The zero-order chi connectivity index (χ0) is 10.4. The van der Waals surface area contributed by atoms with E-state index in [1.54, 1.807) is 0 Å². The first-order valence-corrected chi connectivity index (χ1v) is 4.79. The summed E-state index contributed by atoms with van der Waals surface area (Å²) in [4.78, 5) is 10.2. The lowest BCUT2D eigenvalue weighted by Gasteiger charge is -1.91. The fourth-order valence-electron chi connectivity index (χ4n) is 0.306. The van der Waals surface area contributed by atoms with Crippen LogP contribution in [0.2, 0.25) is 0 Å². The lowest BCUT2D eigenvalue weighted by atomic mass is 10.3. The van der Waals surface area contributed by atoms with Crippen molar-refractivity contribution in [3.63, 3.8) is 0 Å². The van der Waals surface area contributed by atoms with Crippen molar-refractivity contribution in [2.24, 2.45) is 0 Å². The number of rotatable bonds is 2. The van der Waals surface area contributed by atoms with Crippen LogP contribution in [0, 0.1) is 0 Å². The molecule has 0 fully saturated rings. The minimum Gasteiger partial charge on any atom is -0.469 e. The number of hydrogen-bond donors (Lipinski definition) is 0. The lowest BCUT2D eigenvalue weighted by Crippen LogP contribution is -1.97. The van der Waals surface area contributed by atoms with Gasteiger partial charge in [-0.25, -0.2) is 0 Å². The van der Waals surface area contributed by atoms with Crippen LogP contribution in [0.5, 0.6) is 0 Å². The van der Waals surface area contributed by atoms with Gasteiger partial charge in [-0.05, 0) is 6.42 Å². The van der Waals surface area contributed by atoms with Gasteiger partial charge in [-0.3, -0.25) is 4.79 Å². The van der Waals surface area contributed by atoms with Gasteiger partial charge in [0.15, 0.2) is 0 Å². The Kier molecular flexibility index (Phi) is 32.8. The molecule has 0 aromatic carbocycles. The van der Waals surface area contributed by atoms with Gasteiger partial charge in [0.2, 0.25) is 0 Å². The third-order valence-electron chi connectivity index (χ3n) is 0.682. The maximum Gasteiger partial charge on any atom is 0.305 e. The first-order valence-electron chi connectivity index (χ1n) is 4.79. The quantitative estimate of drug-likeness (QED) is 0.603. The summed E-state index contributed by atoms with van der Waals surface area (Å²) in [6.07, 6.45) is 2.66. The molecule has 2 heteroatoms. The number of esters is 1. The molecule has 0 aliphatic rings. The second-order valence-corrected chi connectivity index (χ2v) is 2.03. The van der Waals surface area contributed by atoms with E-state index in [0.717, 1.165) is 6.42 Å². The third-order valence-corrected chi connectivity index (χ3v) is 0.682. The van der Waals surface area contributed by atoms with Crippen molar-refractivity contribution in [2.75, 3.05) is 7.11 Å². The molecule has 0 spiro atoms. The minimum absolute atomic E-state index is 0.123. The average molecular weight is 176 g/mol. The number of methoxy groups -OCH3 is 1. The highest BCUT2D eigenvalue weighted by Crippen LogP contribution is 1.86. The molecule has 0 aliphatic heterocycles. The summed E-state index contributed by atoms with van der Waals surface area (Å²) >= 11 is 0. The molecule has 76 valence electrons. The molecule has 0 atom stereocenters. The SMILES string of the molecule is CC.CCC.CCCC(=O)OC. The normalized spacial score (nSPS) is 6.83. The molecule has 0 aromatic rings. The summed E-state index contributed by atoms with van der Waals surface area (Å²) < 4.78 is 4.35. The number of ether oxygens (including phenoxy) is 1. The fourth-order valence-corrected chi connectivity index (χ4v) is 0.306. The van der Waals surface area contributed by atoms with E-state index in [2.05, 4.69) is 18.6 Å². The Balaban J connectivity index is -0.000000137. The minimum atomic E-state index is -0.123. The average Bonchev–Trinajstić information content (AvgIpc) is 2.10. The third kappa shape index (κ3) is 34.0. The molecular formula is C10H24O2. The predicted octanol–water partition coefficient (Wildman–Crippen LogP) is 3.40. The molecule has 0 radical (unpaired) electrons. The number of carbonyl (C=O) groups is 1. The Morgan fingerprint density at radius 1 is 1.17 bits per heavy atom. The van der Waals surface area contributed by atoms with Crippen LogP contribution in [-0.2, 0) is 9.53 Å². The Labute approximate surface area is 77.3 Å². The smallest absolute Gasteiger partial charge is 0.305 e. The Morgan fingerprint density at radius 3 is 1.58 bits per heavy atom. The molecule has 0 bridgehead atoms. The first kappa shape index (κ1) is 17.5. The van der Waals surface area contributed by atoms with E-state index in [1.807, 2.05) is 20.8 Å². The van der Waals surface area contributed by atoms with Gasteiger partial charge < -0.3 is 4.74 Å². The van der Waals surface area contributed by atoms with Gasteiger partial charge >= 0.3 is 5.97 Å². The lowest BCUT2D eigenvalue weighted by molar-refractivity contribution is -0.140. The number of hydrogen-bond acceptors (Lipinski definition) is 2. The summed E-state index contributed by atoms with van der Waals surface area (Å²) in [5.41, 5.74) is 0. The van der Waals surface area contributed by atoms with E-state index < -0.39 is 0 Å². The summed E-state index contributed by atoms with van der Waals surface area (Å²) in [6, 6.07) is 0. The second kappa shape index (κ2) is 22.4. The van der Waals surface area contributed by atoms with Gasteiger partial charge in [0.25, 0.3) is 0 Å². The summed E-state index contributed by atoms with van der Waals surface area (Å²) in [5, 5.41) is 0. The molecule has 2 nitrogen and oxygen atoms in total. The van der Waals surface area contributed by atoms with Crippen molar-refractivity contribution < 1.29 is 9.53 Å². The monoisotopic (exact) mass is 176 g/mol. The van der Waals surface area contributed by atoms with Gasteiger partial charge in [0.1, 0.15) is 0 Å². The Hall–Kier alpha value is -0.530. The van der Waals surface area contributed by atoms with Crippen molar-refractivity contribution in [3.05, 3.63) is 0 Å². The van der Waals surface area contributed by atoms with E-state index in [4.69, 9.17) is 0 Å². The molecule has 0 heterocycles. The molecule has 0 saturated carbocycles. The van der Waals surface area contributed by atoms with Crippen LogP contribution in [0.15, 0.2) is 0 Å². The van der Waals surface area contributed by atoms with Gasteiger partial charge in [0.05, 0.1) is 7.11 Å². The zero-order valence-electron chi connectivity index (χ0n) is 9.44. The Morgan fingerprint density at radius 2 is 1.50 bits per heavy atom. The zero-order valence-corrected chi connectivity index (χ0v) is 9.44. The topological polar surface area (TPSA) is 26.3 Å². The fraction of sp³-hybridized carbons (Fsp3) is 0.900. The molecule has 0 aliphatic carbocycles. The van der Waals surface area contributed by atoms with E-state index >= 15 is 0 Å². The molecule has 0 aromatic heterocycles. The molecule has 12 heavy (non-hydrogen) atoms. The van der Waals surface area contributed by atoms with Crippen LogP contribution in [-0.4, -0.2) is 13.1 Å². The highest BCUT2D eigenvalue weighted by atomic mass is 16.5. The molecule has 0 amide bonds. The van der Waals surface area contributed by atoms with Crippen molar-refractivity contribution in [3.8, 4) is 0 Å². The van der Waals surface area contributed by atoms with Crippen molar-refractivity contribution in [2.45, 2.75) is 53.9 Å². The maximum absolute atomic E-state index is 10.2. The van der Waals surface area contributed by atoms with E-state index in [-0.39, 0.29) is 5.97 Å². The predicted molar refractivity (Wildman–Crippen MR) is 54.2 cm³/mol. The van der Waals surface area contributed by atoms with Gasteiger partial charge in [-0.2, -0.15) is 0 Å². The van der Waals surface area contributed by atoms with E-state index in [1.165, 1.54) is 13.5 Å². The highest BCUT2D eigenvalue weighted by molar-refractivity contribution is 5.68. The van der Waals surface area contributed by atoms with Gasteiger partial charge in [-0.15, -0.1) is 0 Å². The molecule has 0 rings (SSSR count). The van der Waals surface area contributed by atoms with Gasteiger partial charge in [0, 0.05) is 6.42 Å². The van der Waals surface area contributed by atoms with E-state index in [9.17, 15) is 4.79 Å². The summed E-state index contributed by atoms with van der Waals surface area (Å²) in [7, 11) is 1.40. The van der Waals surface area contributed by atoms with Crippen LogP contribution in [0.4, 0.5) is 0 Å². The standard InChI is InChI=1S/C5H10O2.C3H8.C2H6/c1-3-4-5(6)7-2;1-3-2;1-2/h3-4H2,1-2H3;3H2,1-2H3;1-2H3. The van der Waals surface area contributed by atoms with Crippen molar-refractivity contribution in [1.29, 1.82) is 0 Å². The van der Waals surface area contributed by atoms with Crippen LogP contribution in [0.25, 0.3) is 0 Å². The molecule has 0 unspecified atom stereocenters. The molecule has 0 N–H and O–H groups in total. The Bertz CT molecular complexity index is 70.2. The largest absolute Gasteiger partial charge is 0.469 e. The van der Waals surface area contributed by atoms with Crippen molar-refractivity contribution in [1.82, 2.24) is 0 Å². The summed E-state index contributed by atoms with van der Waals surface area (Å²) in [6.45, 7) is 10.2. The highest BCUT2D eigenvalue weighted by Gasteiger charge is 1.92. The van der Waals surface area contributed by atoms with Gasteiger partial charge in [-0.1, -0.05) is 41.0 Å². The van der Waals surface area contributed by atoms with Crippen LogP contribution in [0.3, 0.4) is 0 Å². The second-order valence-electron chi connectivity index (χ2n) is 2.03. The molecule has 0 saturated heterocycles. The first-order chi connectivity index (χ1) is 5.72. The summed E-state index contributed by atoms with van der Waals surface area (Å²) in [5.74, 6) is -0.123. The number of carbonyl (C=O) groups excluding carboxylic acids is 1. The van der Waals surface area contributed by atoms with Crippen LogP contribution in [0.1, 0.15) is 53.9 Å². The van der Waals surface area contributed by atoms with Crippen LogP contribution >= 0.6 is 0 Å².